The van der Waals surface area contributed by atoms with Gasteiger partial charge >= 0.3 is 0 Å². The molecule has 0 aliphatic heterocycles. The standard InChI is InChI=1S/2C19H14NS.2C17H10NS.4C14H11N2.4Ir/c2*1-12-10-17(20-11-13(12)2)16-8-5-7-15-14-6-3-4-9-18(14)21-19(15)16;2*1-2-10-16-12(6-1)13-7-5-8-14(17(13)19-16)15-9-3-4-11-18-15;4*1-16-13-10-6-5-9-12(13)15-14(16)11-7-3-2-4-8-11;;;;/h2*3-7,9-11H,1-2H3;2*1-7,9-11H;4*2-7,9-10H,1H3;;;;/q8*-1;;;;. The number of para-hydroxylation sites is 8. The van der Waals surface area contributed by atoms with Crippen LogP contribution >= 0.6 is 45.3 Å². The van der Waals surface area contributed by atoms with E-state index in [1.54, 1.807) is 0 Å². The molecule has 0 aliphatic rings. The molecule has 20 heteroatoms. The van der Waals surface area contributed by atoms with E-state index in [0.717, 1.165) is 135 Å². The van der Waals surface area contributed by atoms with Crippen LogP contribution < -0.4 is 0 Å². The van der Waals surface area contributed by atoms with Crippen LogP contribution in [0.15, 0.2) is 413 Å². The first-order chi connectivity index (χ1) is 70.8. The van der Waals surface area contributed by atoms with Crippen molar-refractivity contribution in [2.75, 3.05) is 0 Å². The van der Waals surface area contributed by atoms with E-state index in [4.69, 9.17) is 0 Å². The van der Waals surface area contributed by atoms with E-state index < -0.39 is 0 Å². The van der Waals surface area contributed by atoms with E-state index in [9.17, 15) is 0 Å². The van der Waals surface area contributed by atoms with Gasteiger partial charge in [-0.1, -0.05) is 190 Å². The molecule has 0 aliphatic carbocycles. The number of hydrogen-bond donors (Lipinski definition) is 0. The smallest absolute Gasteiger partial charge is 0.0770 e. The Morgan fingerprint density at radius 3 is 0.682 bits per heavy atom. The topological polar surface area (TPSA) is 123 Å². The third-order valence-corrected chi connectivity index (χ3v) is 30.2. The Labute approximate surface area is 929 Å². The van der Waals surface area contributed by atoms with Crippen LogP contribution in [0.1, 0.15) is 22.3 Å². The number of pyridine rings is 4. The fourth-order valence-electron chi connectivity index (χ4n) is 17.7. The van der Waals surface area contributed by atoms with Crippen LogP contribution in [0.4, 0.5) is 0 Å². The maximum Gasteiger partial charge on any atom is 0.0770 e. The van der Waals surface area contributed by atoms with E-state index in [-0.39, 0.29) is 80.4 Å². The predicted octanol–water partition coefficient (Wildman–Crippen LogP) is 33.1. The second-order valence-corrected chi connectivity index (χ2v) is 38.8. The van der Waals surface area contributed by atoms with Gasteiger partial charge in [0, 0.05) is 152 Å². The molecule has 0 bridgehead atoms. The maximum absolute atomic E-state index is 4.61. The number of thiophene rings is 4. The summed E-state index contributed by atoms with van der Waals surface area (Å²) in [6, 6.07) is 158. The van der Waals surface area contributed by atoms with Gasteiger partial charge in [-0.3, -0.25) is 19.9 Å². The summed E-state index contributed by atoms with van der Waals surface area (Å²) >= 11 is 7.27. The van der Waals surface area contributed by atoms with Crippen molar-refractivity contribution in [3.63, 3.8) is 0 Å². The van der Waals surface area contributed by atoms with Gasteiger partial charge < -0.3 is 38.2 Å². The number of hydrogen-bond acceptors (Lipinski definition) is 12. The molecule has 148 heavy (non-hydrogen) atoms. The van der Waals surface area contributed by atoms with Gasteiger partial charge in [0.25, 0.3) is 0 Å². The number of aromatic nitrogens is 12. The maximum atomic E-state index is 4.61. The summed E-state index contributed by atoms with van der Waals surface area (Å²) in [6.45, 7) is 8.45. The molecule has 4 radical (unpaired) electrons. The monoisotopic (exact) mass is 2700 g/mol. The molecule has 0 N–H and O–H groups in total. The third-order valence-electron chi connectivity index (χ3n) is 25.4. The van der Waals surface area contributed by atoms with Crippen molar-refractivity contribution >= 4 is 170 Å². The van der Waals surface area contributed by atoms with E-state index in [2.05, 4.69) is 292 Å². The third kappa shape index (κ3) is 22.5. The molecule has 0 saturated carbocycles. The van der Waals surface area contributed by atoms with Crippen LogP contribution in [-0.4, -0.2) is 58.1 Å². The predicted molar refractivity (Wildman–Crippen MR) is 604 cm³/mol. The largest absolute Gasteiger partial charge is 0.367 e. The first-order valence-corrected chi connectivity index (χ1v) is 50.6. The molecule has 28 rings (SSSR count). The number of benzene rings is 16. The van der Waals surface area contributed by atoms with Gasteiger partial charge in [0.2, 0.25) is 0 Å². The Morgan fingerprint density at radius 2 is 0.446 bits per heavy atom. The zero-order valence-corrected chi connectivity index (χ0v) is 94.4. The summed E-state index contributed by atoms with van der Waals surface area (Å²) in [6.07, 6.45) is 7.56. The van der Waals surface area contributed by atoms with Crippen LogP contribution in [0.2, 0.25) is 0 Å². The molecule has 12 heterocycles. The summed E-state index contributed by atoms with van der Waals surface area (Å²) in [4.78, 5) is 36.6. The Balaban J connectivity index is 0.000000115. The zero-order valence-electron chi connectivity index (χ0n) is 81.6. The minimum Gasteiger partial charge on any atom is -0.367 e. The Hall–Kier alpha value is -14.5. The molecule has 28 aromatic rings. The number of nitrogens with zero attached hydrogens (tertiary/aromatic N) is 12. The van der Waals surface area contributed by atoms with Crippen molar-refractivity contribution in [2.45, 2.75) is 27.7 Å². The molecule has 0 amide bonds. The fraction of sp³-hybridized carbons (Fsp3) is 0.0625. The van der Waals surface area contributed by atoms with Gasteiger partial charge in [0.15, 0.2) is 0 Å². The summed E-state index contributed by atoms with van der Waals surface area (Å²) in [5.41, 5.74) is 26.2. The molecule has 0 atom stereocenters. The molecule has 12 nitrogen and oxygen atoms in total. The zero-order chi connectivity index (χ0) is 97.9. The van der Waals surface area contributed by atoms with Gasteiger partial charge in [-0.15, -0.1) is 239 Å². The summed E-state index contributed by atoms with van der Waals surface area (Å²) in [5.74, 6) is 3.84. The van der Waals surface area contributed by atoms with E-state index in [1.165, 1.54) is 103 Å². The Morgan fingerprint density at radius 1 is 0.209 bits per heavy atom. The van der Waals surface area contributed by atoms with E-state index in [1.807, 2.05) is 329 Å². The molecular formula is C128H92Ir4N12S4-8. The van der Waals surface area contributed by atoms with Gasteiger partial charge in [-0.05, 0) is 187 Å². The van der Waals surface area contributed by atoms with Gasteiger partial charge in [0.05, 0.1) is 67.4 Å². The molecule has 0 saturated heterocycles. The number of imidazole rings is 4. The SMILES string of the molecule is Cc1cnc(-c2[c-]ccc3c2sc2ccccc23)cc1C.Cc1cnc(-c2[c-]ccc3c2sc2ccccc23)cc1C.Cn1c(-c2[c-]cccc2)nc2ccccc21.Cn1c(-c2[c-]cccc2)nc2ccccc21.Cn1c(-c2[c-]cccc2)nc2ccccc21.Cn1c(-c2[c-]cccc2)nc2ccccc21.[Ir].[Ir].[Ir].[Ir].[c-]1ccc2c(sc3ccccc32)c1-c1ccccn1.[c-]1ccc2c(sc3ccccc32)c1-c1ccccn1. The molecule has 12 aromatic heterocycles. The summed E-state index contributed by atoms with van der Waals surface area (Å²) in [7, 11) is 8.13. The average molecular weight is 2700 g/mol. The summed E-state index contributed by atoms with van der Waals surface area (Å²) < 4.78 is 18.7. The normalized spacial score (nSPS) is 10.8. The van der Waals surface area contributed by atoms with Crippen molar-refractivity contribution in [1.82, 2.24) is 58.1 Å². The van der Waals surface area contributed by atoms with Gasteiger partial charge in [0.1, 0.15) is 0 Å². The molecule has 732 valence electrons. The minimum absolute atomic E-state index is 0. The number of fused-ring (bicyclic) bond motifs is 16. The van der Waals surface area contributed by atoms with Crippen LogP contribution in [0.5, 0.6) is 0 Å². The average Bonchev–Trinajstić information content (AvgIpc) is 1.56. The molecule has 0 unspecified atom stereocenters. The first kappa shape index (κ1) is 105. The van der Waals surface area contributed by atoms with Crippen LogP contribution in [0.3, 0.4) is 0 Å². The number of aryl methyl sites for hydroxylation is 8. The van der Waals surface area contributed by atoms with Gasteiger partial charge in [-0.25, -0.2) is 0 Å². The minimum atomic E-state index is 0. The Kier molecular flexibility index (Phi) is 34.3. The van der Waals surface area contributed by atoms with Crippen LogP contribution in [0, 0.1) is 76.2 Å². The second kappa shape index (κ2) is 48.4. The van der Waals surface area contributed by atoms with Crippen molar-refractivity contribution in [2.24, 2.45) is 28.2 Å². The fourth-order valence-corrected chi connectivity index (χ4v) is 22.6. The first-order valence-electron chi connectivity index (χ1n) is 47.3. The molecule has 0 fully saturated rings. The van der Waals surface area contributed by atoms with Crippen molar-refractivity contribution in [3.8, 4) is 90.6 Å². The van der Waals surface area contributed by atoms with Gasteiger partial charge in [-0.2, -0.15) is 45.3 Å². The van der Waals surface area contributed by atoms with Crippen molar-refractivity contribution < 1.29 is 80.4 Å². The van der Waals surface area contributed by atoms with Crippen LogP contribution in [-0.2, 0) is 109 Å². The Bertz CT molecular complexity index is 8640. The second-order valence-electron chi connectivity index (χ2n) is 34.5. The number of rotatable bonds is 8. The van der Waals surface area contributed by atoms with Crippen LogP contribution in [0.25, 0.3) is 215 Å². The molecule has 0 spiro atoms. The van der Waals surface area contributed by atoms with Crippen molar-refractivity contribution in [1.29, 1.82) is 0 Å². The molecular weight excluding hydrogens is 2600 g/mol. The van der Waals surface area contributed by atoms with Crippen molar-refractivity contribution in [3.05, 3.63) is 484 Å². The van der Waals surface area contributed by atoms with E-state index in [0.29, 0.717) is 0 Å². The quantitative estimate of drug-likeness (QED) is 0.138. The van der Waals surface area contributed by atoms with E-state index >= 15 is 0 Å². The molecule has 16 aromatic carbocycles. The summed E-state index contributed by atoms with van der Waals surface area (Å²) in [5, 5.41) is 10.4.